The largest absolute Gasteiger partial charge is 0.469 e. The molecule has 1 fully saturated rings. The minimum Gasteiger partial charge on any atom is -0.469 e. The van der Waals surface area contributed by atoms with Gasteiger partial charge in [-0.05, 0) is 12.8 Å². The fourth-order valence-corrected chi connectivity index (χ4v) is 1.59. The Morgan fingerprint density at radius 2 is 2.08 bits per heavy atom. The molecule has 0 saturated heterocycles. The van der Waals surface area contributed by atoms with Gasteiger partial charge in [0.2, 0.25) is 0 Å². The normalized spacial score (nSPS) is 31.5. The number of rotatable bonds is 3. The molecule has 0 heterocycles. The molecule has 78 valence electrons. The molecule has 0 atom stereocenters. The summed E-state index contributed by atoms with van der Waals surface area (Å²) >= 11 is 0. The van der Waals surface area contributed by atoms with Gasteiger partial charge < -0.3 is 15.2 Å². The van der Waals surface area contributed by atoms with Gasteiger partial charge in [0.25, 0.3) is 0 Å². The molecule has 13 heavy (non-hydrogen) atoms. The van der Waals surface area contributed by atoms with E-state index in [2.05, 4.69) is 4.74 Å². The topological polar surface area (TPSA) is 61.5 Å². The number of methoxy groups -OCH3 is 2. The summed E-state index contributed by atoms with van der Waals surface area (Å²) in [5.74, 6) is -0.172. The lowest BCUT2D eigenvalue weighted by Crippen LogP contribution is -2.53. The summed E-state index contributed by atoms with van der Waals surface area (Å²) in [5.41, 5.74) is 5.24. The summed E-state index contributed by atoms with van der Waals surface area (Å²) < 4.78 is 9.82. The van der Waals surface area contributed by atoms with Gasteiger partial charge in [-0.2, -0.15) is 0 Å². The Labute approximate surface area is 84.2 Å². The molecule has 0 aliphatic heterocycles. The lowest BCUT2D eigenvalue weighted by atomic mass is 9.71. The van der Waals surface area contributed by atoms with Gasteiger partial charge in [0.05, 0.1) is 18.6 Å². The van der Waals surface area contributed by atoms with Crippen molar-refractivity contribution in [3.63, 3.8) is 0 Å². The van der Waals surface area contributed by atoms with Crippen LogP contribution in [0.25, 0.3) is 0 Å². The van der Waals surface area contributed by atoms with Crippen molar-refractivity contribution < 1.29 is 14.3 Å². The number of carbonyl (C=O) groups is 1. The third kappa shape index (κ3) is 2.33. The molecule has 0 spiro atoms. The van der Waals surface area contributed by atoms with Crippen LogP contribution in [0, 0.1) is 5.92 Å². The Balaban J connectivity index is 0.00000144. The van der Waals surface area contributed by atoms with Crippen molar-refractivity contribution in [2.24, 2.45) is 11.7 Å². The fourth-order valence-electron chi connectivity index (χ4n) is 1.59. The SMILES string of the molecule is COC(=O)C1CC(CN)(OC)C1.Cl. The molecule has 4 nitrogen and oxygen atoms in total. The maximum atomic E-state index is 11.0. The van der Waals surface area contributed by atoms with Gasteiger partial charge in [-0.1, -0.05) is 0 Å². The molecule has 0 aromatic rings. The Morgan fingerprint density at radius 1 is 1.54 bits per heavy atom. The zero-order chi connectivity index (χ0) is 9.19. The van der Waals surface area contributed by atoms with Crippen LogP contribution >= 0.6 is 12.4 Å². The van der Waals surface area contributed by atoms with E-state index in [-0.39, 0.29) is 29.9 Å². The minimum absolute atomic E-state index is 0. The molecule has 0 unspecified atom stereocenters. The predicted octanol–water partition coefficient (Wildman–Crippen LogP) is 0.335. The molecular weight excluding hydrogens is 194 g/mol. The van der Waals surface area contributed by atoms with Gasteiger partial charge in [-0.15, -0.1) is 12.4 Å². The molecule has 5 heteroatoms. The van der Waals surface area contributed by atoms with Crippen LogP contribution in [0.15, 0.2) is 0 Å². The van der Waals surface area contributed by atoms with Crippen molar-refractivity contribution in [2.75, 3.05) is 20.8 Å². The number of halogens is 1. The van der Waals surface area contributed by atoms with Crippen LogP contribution in [-0.2, 0) is 14.3 Å². The van der Waals surface area contributed by atoms with Crippen LogP contribution in [0.4, 0.5) is 0 Å². The number of hydrogen-bond donors (Lipinski definition) is 1. The first-order valence-corrected chi connectivity index (χ1v) is 4.00. The number of esters is 1. The molecule has 0 bridgehead atoms. The van der Waals surface area contributed by atoms with Crippen molar-refractivity contribution in [3.8, 4) is 0 Å². The third-order valence-electron chi connectivity index (χ3n) is 2.58. The highest BCUT2D eigenvalue weighted by atomic mass is 35.5. The summed E-state index contributed by atoms with van der Waals surface area (Å²) in [4.78, 5) is 11.0. The average molecular weight is 210 g/mol. The fraction of sp³-hybridized carbons (Fsp3) is 0.875. The van der Waals surface area contributed by atoms with Crippen molar-refractivity contribution in [2.45, 2.75) is 18.4 Å². The molecule has 0 aromatic carbocycles. The van der Waals surface area contributed by atoms with E-state index in [0.29, 0.717) is 19.4 Å². The second-order valence-corrected chi connectivity index (χ2v) is 3.22. The van der Waals surface area contributed by atoms with E-state index in [0.717, 1.165) is 0 Å². The van der Waals surface area contributed by atoms with E-state index in [4.69, 9.17) is 10.5 Å². The van der Waals surface area contributed by atoms with E-state index in [1.165, 1.54) is 7.11 Å². The molecule has 1 aliphatic rings. The van der Waals surface area contributed by atoms with Gasteiger partial charge in [0.15, 0.2) is 0 Å². The van der Waals surface area contributed by atoms with E-state index in [9.17, 15) is 4.79 Å². The maximum absolute atomic E-state index is 11.0. The smallest absolute Gasteiger partial charge is 0.308 e. The first-order chi connectivity index (χ1) is 5.67. The van der Waals surface area contributed by atoms with Crippen LogP contribution in [0.1, 0.15) is 12.8 Å². The molecular formula is C8H16ClNO3. The van der Waals surface area contributed by atoms with Crippen LogP contribution in [0.2, 0.25) is 0 Å². The highest BCUT2D eigenvalue weighted by Crippen LogP contribution is 2.40. The molecule has 0 radical (unpaired) electrons. The summed E-state index contributed by atoms with van der Waals surface area (Å²) in [6, 6.07) is 0. The van der Waals surface area contributed by atoms with Crippen LogP contribution in [0.5, 0.6) is 0 Å². The molecule has 0 amide bonds. The van der Waals surface area contributed by atoms with Crippen molar-refractivity contribution >= 4 is 18.4 Å². The molecule has 1 aliphatic carbocycles. The average Bonchev–Trinajstić information content (AvgIpc) is 2.04. The first-order valence-electron chi connectivity index (χ1n) is 4.00. The van der Waals surface area contributed by atoms with Gasteiger partial charge in [0.1, 0.15) is 0 Å². The minimum atomic E-state index is -0.265. The maximum Gasteiger partial charge on any atom is 0.308 e. The Morgan fingerprint density at radius 3 is 2.38 bits per heavy atom. The zero-order valence-corrected chi connectivity index (χ0v) is 8.73. The number of ether oxygens (including phenoxy) is 2. The monoisotopic (exact) mass is 209 g/mol. The van der Waals surface area contributed by atoms with Crippen LogP contribution in [0.3, 0.4) is 0 Å². The van der Waals surface area contributed by atoms with Crippen LogP contribution < -0.4 is 5.73 Å². The first kappa shape index (κ1) is 12.7. The quantitative estimate of drug-likeness (QED) is 0.681. The zero-order valence-electron chi connectivity index (χ0n) is 7.91. The molecule has 2 N–H and O–H groups in total. The lowest BCUT2D eigenvalue weighted by Gasteiger charge is -2.44. The molecule has 0 aromatic heterocycles. The number of nitrogens with two attached hydrogens (primary N) is 1. The Hall–Kier alpha value is -0.320. The summed E-state index contributed by atoms with van der Waals surface area (Å²) in [7, 11) is 3.03. The highest BCUT2D eigenvalue weighted by molar-refractivity contribution is 5.85. The Kier molecular flexibility index (Phi) is 4.67. The molecule has 1 rings (SSSR count). The van der Waals surface area contributed by atoms with Crippen molar-refractivity contribution in [3.05, 3.63) is 0 Å². The summed E-state index contributed by atoms with van der Waals surface area (Å²) in [5, 5.41) is 0. The van der Waals surface area contributed by atoms with E-state index < -0.39 is 0 Å². The highest BCUT2D eigenvalue weighted by Gasteiger charge is 2.47. The van der Waals surface area contributed by atoms with Crippen molar-refractivity contribution in [1.29, 1.82) is 0 Å². The van der Waals surface area contributed by atoms with Gasteiger partial charge >= 0.3 is 5.97 Å². The third-order valence-corrected chi connectivity index (χ3v) is 2.58. The van der Waals surface area contributed by atoms with Crippen molar-refractivity contribution in [1.82, 2.24) is 0 Å². The predicted molar refractivity (Wildman–Crippen MR) is 50.8 cm³/mol. The number of carbonyl (C=O) groups excluding carboxylic acids is 1. The summed E-state index contributed by atoms with van der Waals surface area (Å²) in [6.45, 7) is 0.469. The second kappa shape index (κ2) is 4.79. The van der Waals surface area contributed by atoms with Gasteiger partial charge in [-0.25, -0.2) is 0 Å². The standard InChI is InChI=1S/C8H15NO3.ClH/c1-11-7(10)6-3-8(4-6,5-9)12-2;/h6H,3-5,9H2,1-2H3;1H. The van der Waals surface area contributed by atoms with Gasteiger partial charge in [-0.3, -0.25) is 4.79 Å². The van der Waals surface area contributed by atoms with Crippen LogP contribution in [-0.4, -0.2) is 32.3 Å². The summed E-state index contributed by atoms with van der Waals surface area (Å²) in [6.07, 6.45) is 1.37. The lowest BCUT2D eigenvalue weighted by molar-refractivity contribution is -0.164. The Bertz CT molecular complexity index is 174. The molecule has 1 saturated carbocycles. The second-order valence-electron chi connectivity index (χ2n) is 3.22. The van der Waals surface area contributed by atoms with E-state index in [1.807, 2.05) is 0 Å². The van der Waals surface area contributed by atoms with E-state index >= 15 is 0 Å². The van der Waals surface area contributed by atoms with Gasteiger partial charge in [0, 0.05) is 13.7 Å². The number of hydrogen-bond acceptors (Lipinski definition) is 4. The van der Waals surface area contributed by atoms with E-state index in [1.54, 1.807) is 7.11 Å².